The highest BCUT2D eigenvalue weighted by Gasteiger charge is 2.68. The number of ketones is 1. The van der Waals surface area contributed by atoms with Crippen molar-refractivity contribution in [3.8, 4) is 0 Å². The summed E-state index contributed by atoms with van der Waals surface area (Å²) in [5.74, 6) is -1.58. The molecule has 0 spiro atoms. The number of Topliss-reactive ketones (excluding diaryl/α,β-unsaturated/α-hetero) is 1. The normalized spacial score (nSPS) is 41.5. The van der Waals surface area contributed by atoms with Gasteiger partial charge in [-0.2, -0.15) is 0 Å². The van der Waals surface area contributed by atoms with Crippen molar-refractivity contribution < 1.29 is 18.7 Å². The van der Waals surface area contributed by atoms with Crippen LogP contribution in [0.15, 0.2) is 0 Å². The first-order chi connectivity index (χ1) is 8.70. The van der Waals surface area contributed by atoms with E-state index in [1.54, 1.807) is 6.92 Å². The van der Waals surface area contributed by atoms with Gasteiger partial charge in [0.15, 0.2) is 5.78 Å². The predicted molar refractivity (Wildman–Crippen MR) is 69.3 cm³/mol. The average Bonchev–Trinajstić information content (AvgIpc) is 2.33. The highest BCUT2D eigenvalue weighted by atomic mass is 19.1. The van der Waals surface area contributed by atoms with Crippen LogP contribution in [0.4, 0.5) is 4.39 Å². The van der Waals surface area contributed by atoms with Crippen LogP contribution in [-0.2, 0) is 14.3 Å². The number of fused-ring (bicyclic) bond motifs is 1. The first-order valence-electron chi connectivity index (χ1n) is 7.01. The third kappa shape index (κ3) is 1.75. The molecule has 0 aliphatic heterocycles. The van der Waals surface area contributed by atoms with Gasteiger partial charge in [0.1, 0.15) is 0 Å². The van der Waals surface area contributed by atoms with E-state index in [1.165, 1.54) is 0 Å². The van der Waals surface area contributed by atoms with Gasteiger partial charge in [0, 0.05) is 11.8 Å². The molecule has 0 aromatic rings. The fraction of sp³-hybridized carbons (Fsp3) is 0.867. The van der Waals surface area contributed by atoms with E-state index in [1.807, 2.05) is 0 Å². The van der Waals surface area contributed by atoms with Crippen LogP contribution in [0.3, 0.4) is 0 Å². The van der Waals surface area contributed by atoms with Gasteiger partial charge in [-0.05, 0) is 30.6 Å². The summed E-state index contributed by atoms with van der Waals surface area (Å²) in [4.78, 5) is 24.1. The lowest BCUT2D eigenvalue weighted by molar-refractivity contribution is -0.191. The fourth-order valence-electron chi connectivity index (χ4n) is 4.50. The standard InChI is InChI=1S/C15H23FO3/c1-13(2)8-5-9-14(3)10(13)6-7-11(17)15(14,16)12(18)19-4/h10H,5-9H2,1-4H3/t10-,14-,15-/m0/s1. The predicted octanol–water partition coefficient (Wildman–Crippen LogP) is 3.06. The molecule has 2 aliphatic rings. The second-order valence-corrected chi connectivity index (χ2v) is 6.92. The number of carbonyl (C=O) groups excluding carboxylic acids is 2. The van der Waals surface area contributed by atoms with E-state index in [-0.39, 0.29) is 17.8 Å². The summed E-state index contributed by atoms with van der Waals surface area (Å²) in [6.45, 7) is 5.98. The first-order valence-corrected chi connectivity index (χ1v) is 7.01. The molecule has 0 heterocycles. The van der Waals surface area contributed by atoms with Crippen molar-refractivity contribution in [1.82, 2.24) is 0 Å². The molecule has 0 bridgehead atoms. The van der Waals surface area contributed by atoms with E-state index >= 15 is 4.39 Å². The number of rotatable bonds is 1. The molecule has 0 amide bonds. The molecule has 0 radical (unpaired) electrons. The Hall–Kier alpha value is -0.930. The number of ether oxygens (including phenoxy) is 1. The molecular weight excluding hydrogens is 247 g/mol. The molecule has 0 N–H and O–H groups in total. The van der Waals surface area contributed by atoms with E-state index in [0.29, 0.717) is 12.8 Å². The van der Waals surface area contributed by atoms with Crippen LogP contribution in [0.5, 0.6) is 0 Å². The molecular formula is C15H23FO3. The summed E-state index contributed by atoms with van der Waals surface area (Å²) < 4.78 is 20.0. The van der Waals surface area contributed by atoms with Gasteiger partial charge in [-0.25, -0.2) is 9.18 Å². The molecule has 2 saturated carbocycles. The number of esters is 1. The molecule has 2 rings (SSSR count). The van der Waals surface area contributed by atoms with Gasteiger partial charge in [-0.15, -0.1) is 0 Å². The molecule has 0 aromatic heterocycles. The van der Waals surface area contributed by atoms with Crippen LogP contribution in [-0.4, -0.2) is 24.5 Å². The second kappa shape index (κ2) is 4.29. The zero-order valence-electron chi connectivity index (χ0n) is 12.2. The van der Waals surface area contributed by atoms with Crippen molar-refractivity contribution in [3.05, 3.63) is 0 Å². The van der Waals surface area contributed by atoms with Gasteiger partial charge in [0.2, 0.25) is 0 Å². The molecule has 2 aliphatic carbocycles. The zero-order valence-corrected chi connectivity index (χ0v) is 12.2. The summed E-state index contributed by atoms with van der Waals surface area (Å²) in [7, 11) is 1.15. The van der Waals surface area contributed by atoms with Crippen molar-refractivity contribution in [2.24, 2.45) is 16.7 Å². The highest BCUT2D eigenvalue weighted by molar-refractivity contribution is 6.08. The van der Waals surface area contributed by atoms with E-state index < -0.39 is 22.8 Å². The van der Waals surface area contributed by atoms with Crippen LogP contribution >= 0.6 is 0 Å². The number of alkyl halides is 1. The van der Waals surface area contributed by atoms with Crippen LogP contribution in [0.25, 0.3) is 0 Å². The maximum Gasteiger partial charge on any atom is 0.352 e. The third-order valence-corrected chi connectivity index (χ3v) is 5.53. The van der Waals surface area contributed by atoms with Crippen LogP contribution in [0, 0.1) is 16.7 Å². The lowest BCUT2D eigenvalue weighted by atomic mass is 9.47. The van der Waals surface area contributed by atoms with Gasteiger partial charge >= 0.3 is 5.97 Å². The molecule has 108 valence electrons. The van der Waals surface area contributed by atoms with Crippen molar-refractivity contribution in [2.75, 3.05) is 7.11 Å². The first kappa shape index (κ1) is 14.5. The third-order valence-electron chi connectivity index (χ3n) is 5.53. The summed E-state index contributed by atoms with van der Waals surface area (Å²) >= 11 is 0. The van der Waals surface area contributed by atoms with Gasteiger partial charge in [-0.3, -0.25) is 4.79 Å². The number of hydrogen-bond acceptors (Lipinski definition) is 3. The Bertz CT molecular complexity index is 408. The minimum atomic E-state index is -2.47. The quantitative estimate of drug-likeness (QED) is 0.543. The van der Waals surface area contributed by atoms with E-state index in [4.69, 9.17) is 0 Å². The van der Waals surface area contributed by atoms with Gasteiger partial charge in [0.05, 0.1) is 7.11 Å². The molecule has 0 unspecified atom stereocenters. The second-order valence-electron chi connectivity index (χ2n) is 6.92. The van der Waals surface area contributed by atoms with Crippen molar-refractivity contribution >= 4 is 11.8 Å². The number of methoxy groups -OCH3 is 1. The summed E-state index contributed by atoms with van der Waals surface area (Å²) in [5.41, 5.74) is -3.45. The van der Waals surface area contributed by atoms with Gasteiger partial charge < -0.3 is 4.74 Å². The van der Waals surface area contributed by atoms with E-state index in [0.717, 1.165) is 20.0 Å². The summed E-state index contributed by atoms with van der Waals surface area (Å²) in [5, 5.41) is 0. The van der Waals surface area contributed by atoms with Crippen LogP contribution < -0.4 is 0 Å². The smallest absolute Gasteiger partial charge is 0.352 e. The largest absolute Gasteiger partial charge is 0.466 e. The lowest BCUT2D eigenvalue weighted by Gasteiger charge is -2.57. The average molecular weight is 270 g/mol. The Labute approximate surface area is 113 Å². The minimum absolute atomic E-state index is 0.0375. The Kier molecular flexibility index (Phi) is 3.27. The molecule has 0 saturated heterocycles. The Balaban J connectivity index is 2.53. The molecule has 4 heteroatoms. The van der Waals surface area contributed by atoms with Crippen molar-refractivity contribution in [3.63, 3.8) is 0 Å². The number of carbonyl (C=O) groups is 2. The maximum absolute atomic E-state index is 15.4. The monoisotopic (exact) mass is 270 g/mol. The van der Waals surface area contributed by atoms with E-state index in [2.05, 4.69) is 18.6 Å². The zero-order chi connectivity index (χ0) is 14.5. The molecule has 19 heavy (non-hydrogen) atoms. The minimum Gasteiger partial charge on any atom is -0.466 e. The number of hydrogen-bond donors (Lipinski definition) is 0. The molecule has 3 atom stereocenters. The van der Waals surface area contributed by atoms with Gasteiger partial charge in [0.25, 0.3) is 5.67 Å². The topological polar surface area (TPSA) is 43.4 Å². The van der Waals surface area contributed by atoms with Crippen LogP contribution in [0.2, 0.25) is 0 Å². The number of halogens is 1. The van der Waals surface area contributed by atoms with Crippen molar-refractivity contribution in [2.45, 2.75) is 58.5 Å². The summed E-state index contributed by atoms with van der Waals surface area (Å²) in [6, 6.07) is 0. The van der Waals surface area contributed by atoms with Crippen LogP contribution in [0.1, 0.15) is 52.9 Å². The Morgan fingerprint density at radius 1 is 1.32 bits per heavy atom. The SMILES string of the molecule is COC(=O)[C@@]1(F)C(=O)CC[C@H]2C(C)(C)CCC[C@@]21C. The van der Waals surface area contributed by atoms with E-state index in [9.17, 15) is 9.59 Å². The Morgan fingerprint density at radius 2 is 1.95 bits per heavy atom. The maximum atomic E-state index is 15.4. The van der Waals surface area contributed by atoms with Crippen molar-refractivity contribution in [1.29, 1.82) is 0 Å². The fourth-order valence-corrected chi connectivity index (χ4v) is 4.50. The Morgan fingerprint density at radius 3 is 2.53 bits per heavy atom. The summed E-state index contributed by atoms with van der Waals surface area (Å²) in [6.07, 6.45) is 3.23. The molecule has 2 fully saturated rings. The molecule has 3 nitrogen and oxygen atoms in total. The lowest BCUT2D eigenvalue weighted by Crippen LogP contribution is -2.64. The highest BCUT2D eigenvalue weighted by Crippen LogP contribution is 2.61. The molecule has 0 aromatic carbocycles. The van der Waals surface area contributed by atoms with Gasteiger partial charge in [-0.1, -0.05) is 27.2 Å².